The lowest BCUT2D eigenvalue weighted by atomic mass is 10.1. The van der Waals surface area contributed by atoms with Crippen molar-refractivity contribution in [1.29, 1.82) is 0 Å². The number of phosphoric ester groups is 2. The van der Waals surface area contributed by atoms with E-state index in [4.69, 9.17) is 39.8 Å². The van der Waals surface area contributed by atoms with Gasteiger partial charge >= 0.3 is 21.3 Å². The molecule has 230 valence electrons. The molecule has 2 aliphatic rings. The third-order valence-corrected chi connectivity index (χ3v) is 7.92. The van der Waals surface area contributed by atoms with Gasteiger partial charge in [-0.05, 0) is 6.07 Å². The molecule has 0 aliphatic carbocycles. The Kier molecular flexibility index (Phi) is 8.47. The first kappa shape index (κ1) is 30.5. The van der Waals surface area contributed by atoms with E-state index in [1.54, 1.807) is 0 Å². The molecule has 0 bridgehead atoms. The molecule has 2 saturated heterocycles. The molecule has 0 amide bonds. The molecule has 5 heterocycles. The van der Waals surface area contributed by atoms with E-state index in [9.17, 15) is 29.0 Å². The molecule has 23 heteroatoms. The molecular formula is C19H26N8O13P2. The Morgan fingerprint density at radius 1 is 1.00 bits per heavy atom. The van der Waals surface area contributed by atoms with Gasteiger partial charge in [0.15, 0.2) is 17.7 Å². The van der Waals surface area contributed by atoms with Crippen LogP contribution in [0.25, 0.3) is 11.2 Å². The van der Waals surface area contributed by atoms with Crippen molar-refractivity contribution >= 4 is 38.4 Å². The summed E-state index contributed by atoms with van der Waals surface area (Å²) in [4.78, 5) is 56.3. The van der Waals surface area contributed by atoms with Crippen LogP contribution in [0.4, 0.5) is 11.6 Å². The number of ether oxygens (including phenoxy) is 2. The number of rotatable bonds is 10. The summed E-state index contributed by atoms with van der Waals surface area (Å²) in [6.07, 6.45) is -6.12. The Morgan fingerprint density at radius 2 is 1.74 bits per heavy atom. The van der Waals surface area contributed by atoms with Crippen LogP contribution in [0.2, 0.25) is 0 Å². The highest BCUT2D eigenvalue weighted by Crippen LogP contribution is 2.49. The SMILES string of the molecule is Nc1ccn([C@H]2CC(OP(=O)(O)OC[C@H]3O[C@@H](n4cnc5c(N)ncnc54)[C@@H](O)C3O)[C@@H](COP(=O)(O)O)O2)c(=O)n1. The Hall–Kier alpha value is -2.91. The topological polar surface area (TPSA) is 312 Å². The van der Waals surface area contributed by atoms with E-state index in [2.05, 4.69) is 24.5 Å². The van der Waals surface area contributed by atoms with Crippen molar-refractivity contribution < 1.29 is 57.1 Å². The fourth-order valence-corrected chi connectivity index (χ4v) is 5.77. The van der Waals surface area contributed by atoms with Crippen LogP contribution in [0.1, 0.15) is 18.9 Å². The zero-order valence-corrected chi connectivity index (χ0v) is 23.0. The minimum absolute atomic E-state index is 0.0704. The minimum Gasteiger partial charge on any atom is -0.387 e. The average molecular weight is 636 g/mol. The molecule has 0 spiro atoms. The van der Waals surface area contributed by atoms with E-state index in [0.717, 1.165) is 4.57 Å². The first-order valence-corrected chi connectivity index (χ1v) is 15.1. The number of anilines is 2. The van der Waals surface area contributed by atoms with Crippen molar-refractivity contribution in [2.75, 3.05) is 24.7 Å². The van der Waals surface area contributed by atoms with Gasteiger partial charge in [-0.15, -0.1) is 0 Å². The molecule has 2 fully saturated rings. The van der Waals surface area contributed by atoms with Crippen LogP contribution in [0, 0.1) is 0 Å². The highest BCUT2D eigenvalue weighted by atomic mass is 31.2. The Labute approximate surface area is 234 Å². The van der Waals surface area contributed by atoms with Gasteiger partial charge in [0.25, 0.3) is 0 Å². The number of nitrogens with zero attached hydrogens (tertiary/aromatic N) is 6. The molecule has 0 aromatic carbocycles. The van der Waals surface area contributed by atoms with Gasteiger partial charge in [0.05, 0.1) is 19.5 Å². The third kappa shape index (κ3) is 6.52. The molecule has 3 aromatic rings. The average Bonchev–Trinajstić information content (AvgIpc) is 3.58. The van der Waals surface area contributed by atoms with Gasteiger partial charge in [0, 0.05) is 12.6 Å². The number of nitrogens with two attached hydrogens (primary N) is 2. The molecule has 42 heavy (non-hydrogen) atoms. The van der Waals surface area contributed by atoms with Crippen molar-refractivity contribution in [1.82, 2.24) is 29.1 Å². The zero-order valence-electron chi connectivity index (χ0n) is 21.2. The third-order valence-electron chi connectivity index (χ3n) is 6.42. The molecule has 21 nitrogen and oxygen atoms in total. The molecular weight excluding hydrogens is 610 g/mol. The Morgan fingerprint density at radius 3 is 2.45 bits per heavy atom. The lowest BCUT2D eigenvalue weighted by molar-refractivity contribution is -0.0588. The highest BCUT2D eigenvalue weighted by molar-refractivity contribution is 7.47. The normalized spacial score (nSPS) is 29.7. The zero-order chi connectivity index (χ0) is 30.4. The Bertz CT molecular complexity index is 1600. The summed E-state index contributed by atoms with van der Waals surface area (Å²) >= 11 is 0. The summed E-state index contributed by atoms with van der Waals surface area (Å²) in [7, 11) is -9.96. The number of fused-ring (bicyclic) bond motifs is 1. The van der Waals surface area contributed by atoms with Crippen LogP contribution in [-0.4, -0.2) is 97.7 Å². The standard InChI is InChI=1S/C19H26N8O13P2/c20-11-1-2-26(19(30)25-11)12-3-8(9(38-12)4-36-41(31,32)33)40-42(34,35)37-5-10-14(28)15(29)18(39-10)27-7-24-13-16(21)22-6-23-17(13)27/h1-2,6-10,12,14-15,18,28-29H,3-5H2,(H,34,35)(H2,20,25,30)(H2,21,22,23)(H2,31,32,33)/t8?,9-,10-,12-,14?,15+,18-/m1/s1. The van der Waals surface area contributed by atoms with E-state index < -0.39 is 77.5 Å². The maximum atomic E-state index is 12.9. The number of hydrogen-bond donors (Lipinski definition) is 7. The second-order valence-corrected chi connectivity index (χ2v) is 11.9. The van der Waals surface area contributed by atoms with Crippen molar-refractivity contribution in [3.8, 4) is 0 Å². The molecule has 5 rings (SSSR count). The maximum Gasteiger partial charge on any atom is 0.472 e. The second-order valence-electron chi connectivity index (χ2n) is 9.23. The lowest BCUT2D eigenvalue weighted by Gasteiger charge is -2.22. The van der Waals surface area contributed by atoms with Gasteiger partial charge in [-0.2, -0.15) is 4.98 Å². The minimum atomic E-state index is -4.99. The molecule has 9 N–H and O–H groups in total. The Balaban J connectivity index is 1.26. The number of hydrogen-bond acceptors (Lipinski definition) is 16. The van der Waals surface area contributed by atoms with E-state index in [1.165, 1.54) is 29.5 Å². The van der Waals surface area contributed by atoms with E-state index in [0.29, 0.717) is 0 Å². The fourth-order valence-electron chi connectivity index (χ4n) is 4.47. The summed E-state index contributed by atoms with van der Waals surface area (Å²) in [5, 5.41) is 21.1. The number of aromatic nitrogens is 6. The van der Waals surface area contributed by atoms with Crippen molar-refractivity contribution in [2.45, 2.75) is 49.4 Å². The van der Waals surface area contributed by atoms with Crippen LogP contribution in [0.5, 0.6) is 0 Å². The monoisotopic (exact) mass is 636 g/mol. The second kappa shape index (κ2) is 11.6. The summed E-state index contributed by atoms with van der Waals surface area (Å²) in [6.45, 7) is -1.53. The van der Waals surface area contributed by atoms with Crippen molar-refractivity contribution in [3.63, 3.8) is 0 Å². The van der Waals surface area contributed by atoms with E-state index in [-0.39, 0.29) is 29.2 Å². The van der Waals surface area contributed by atoms with Gasteiger partial charge < -0.3 is 45.8 Å². The van der Waals surface area contributed by atoms with Crippen LogP contribution in [0.3, 0.4) is 0 Å². The predicted molar refractivity (Wildman–Crippen MR) is 136 cm³/mol. The summed E-state index contributed by atoms with van der Waals surface area (Å²) in [5.74, 6) is 0.00388. The van der Waals surface area contributed by atoms with Gasteiger partial charge in [-0.3, -0.25) is 22.7 Å². The van der Waals surface area contributed by atoms with Crippen molar-refractivity contribution in [2.24, 2.45) is 0 Å². The van der Waals surface area contributed by atoms with Crippen LogP contribution >= 0.6 is 15.6 Å². The summed E-state index contributed by atoms with van der Waals surface area (Å²) in [5.41, 5.74) is 10.9. The van der Waals surface area contributed by atoms with Crippen LogP contribution in [0.15, 0.2) is 29.7 Å². The molecule has 0 saturated carbocycles. The largest absolute Gasteiger partial charge is 0.472 e. The molecule has 3 unspecified atom stereocenters. The van der Waals surface area contributed by atoms with E-state index in [1.807, 2.05) is 0 Å². The molecule has 0 radical (unpaired) electrons. The first-order valence-electron chi connectivity index (χ1n) is 12.0. The lowest BCUT2D eigenvalue weighted by Crippen LogP contribution is -2.34. The number of imidazole rings is 1. The molecule has 3 aromatic heterocycles. The quantitative estimate of drug-likeness (QED) is 0.116. The maximum absolute atomic E-state index is 12.9. The molecule has 8 atom stereocenters. The first-order chi connectivity index (χ1) is 19.7. The summed E-state index contributed by atoms with van der Waals surface area (Å²) in [6, 6.07) is 1.29. The smallest absolute Gasteiger partial charge is 0.387 e. The van der Waals surface area contributed by atoms with E-state index >= 15 is 0 Å². The predicted octanol–water partition coefficient (Wildman–Crippen LogP) is -2.23. The van der Waals surface area contributed by atoms with Gasteiger partial charge in [-0.25, -0.2) is 28.9 Å². The van der Waals surface area contributed by atoms with Gasteiger partial charge in [0.1, 0.15) is 54.4 Å². The van der Waals surface area contributed by atoms with Gasteiger partial charge in [0.2, 0.25) is 0 Å². The number of aliphatic hydroxyl groups is 2. The number of phosphoric acid groups is 2. The molecule has 2 aliphatic heterocycles. The number of aliphatic hydroxyl groups excluding tert-OH is 2. The van der Waals surface area contributed by atoms with Gasteiger partial charge in [-0.1, -0.05) is 0 Å². The van der Waals surface area contributed by atoms with Crippen LogP contribution < -0.4 is 17.2 Å². The van der Waals surface area contributed by atoms with Crippen LogP contribution in [-0.2, 0) is 32.2 Å². The van der Waals surface area contributed by atoms with Crippen molar-refractivity contribution in [3.05, 3.63) is 35.4 Å². The fraction of sp³-hybridized carbons (Fsp3) is 0.526. The highest BCUT2D eigenvalue weighted by Gasteiger charge is 2.47. The number of nitrogen functional groups attached to an aromatic ring is 2. The summed E-state index contributed by atoms with van der Waals surface area (Å²) < 4.78 is 52.3.